The van der Waals surface area contributed by atoms with Gasteiger partial charge in [-0.05, 0) is 18.6 Å². The Balaban J connectivity index is 2.84. The number of unbranched alkanes of at least 4 members (excludes halogenated alkanes) is 3. The van der Waals surface area contributed by atoms with E-state index in [2.05, 4.69) is 12.2 Å². The summed E-state index contributed by atoms with van der Waals surface area (Å²) < 4.78 is 0. The Bertz CT molecular complexity index is 501. The third kappa shape index (κ3) is 5.06. The minimum atomic E-state index is -0.432. The first-order valence-electron chi connectivity index (χ1n) is 7.21. The lowest BCUT2D eigenvalue weighted by molar-refractivity contribution is -0.384. The molecule has 1 amide bonds. The standard InChI is InChI=1S/C15H23N3O3/c1-4-5-6-7-10-16-13-11-12(15(19)17(2)3)8-9-14(13)18(20)21/h8-9,11,16H,4-7,10H2,1-3H3. The molecule has 21 heavy (non-hydrogen) atoms. The number of hydrogen-bond acceptors (Lipinski definition) is 4. The maximum atomic E-state index is 11.9. The molecular weight excluding hydrogens is 270 g/mol. The molecule has 0 unspecified atom stereocenters. The van der Waals surface area contributed by atoms with Crippen molar-refractivity contribution in [1.29, 1.82) is 0 Å². The topological polar surface area (TPSA) is 75.5 Å². The maximum absolute atomic E-state index is 11.9. The molecule has 0 heterocycles. The van der Waals surface area contributed by atoms with Crippen molar-refractivity contribution in [2.45, 2.75) is 32.6 Å². The summed E-state index contributed by atoms with van der Waals surface area (Å²) in [4.78, 5) is 24.0. The van der Waals surface area contributed by atoms with E-state index in [4.69, 9.17) is 0 Å². The number of carbonyl (C=O) groups is 1. The van der Waals surface area contributed by atoms with Crippen LogP contribution in [0.3, 0.4) is 0 Å². The van der Waals surface area contributed by atoms with Gasteiger partial charge in [0, 0.05) is 32.3 Å². The number of nitrogens with zero attached hydrogens (tertiary/aromatic N) is 2. The average molecular weight is 293 g/mol. The van der Waals surface area contributed by atoms with E-state index in [9.17, 15) is 14.9 Å². The minimum absolute atomic E-state index is 0.000739. The lowest BCUT2D eigenvalue weighted by Gasteiger charge is -2.12. The molecule has 1 N–H and O–H groups in total. The van der Waals surface area contributed by atoms with Gasteiger partial charge in [0.15, 0.2) is 0 Å². The van der Waals surface area contributed by atoms with Crippen LogP contribution in [-0.4, -0.2) is 36.4 Å². The van der Waals surface area contributed by atoms with Crippen LogP contribution in [0.5, 0.6) is 0 Å². The normalized spacial score (nSPS) is 10.2. The van der Waals surface area contributed by atoms with Crippen molar-refractivity contribution in [2.24, 2.45) is 0 Å². The molecule has 1 aromatic rings. The van der Waals surface area contributed by atoms with Gasteiger partial charge in [0.05, 0.1) is 4.92 Å². The van der Waals surface area contributed by atoms with Crippen molar-refractivity contribution >= 4 is 17.3 Å². The molecule has 6 nitrogen and oxygen atoms in total. The van der Waals surface area contributed by atoms with E-state index in [-0.39, 0.29) is 11.6 Å². The molecule has 0 radical (unpaired) electrons. The predicted molar refractivity (Wildman–Crippen MR) is 83.7 cm³/mol. The predicted octanol–water partition coefficient (Wildman–Crippen LogP) is 3.29. The van der Waals surface area contributed by atoms with Gasteiger partial charge in [-0.1, -0.05) is 26.2 Å². The van der Waals surface area contributed by atoms with Gasteiger partial charge in [0.1, 0.15) is 5.69 Å². The molecule has 0 fully saturated rings. The fourth-order valence-corrected chi connectivity index (χ4v) is 2.00. The van der Waals surface area contributed by atoms with Crippen LogP contribution in [0.4, 0.5) is 11.4 Å². The number of nitrogens with one attached hydrogen (secondary N) is 1. The molecule has 0 saturated heterocycles. The van der Waals surface area contributed by atoms with Gasteiger partial charge in [0.2, 0.25) is 0 Å². The number of carbonyl (C=O) groups excluding carboxylic acids is 1. The number of hydrogen-bond donors (Lipinski definition) is 1. The molecule has 1 aromatic carbocycles. The molecule has 0 aliphatic rings. The molecule has 0 spiro atoms. The third-order valence-electron chi connectivity index (χ3n) is 3.19. The summed E-state index contributed by atoms with van der Waals surface area (Å²) in [7, 11) is 3.31. The highest BCUT2D eigenvalue weighted by Gasteiger charge is 2.17. The van der Waals surface area contributed by atoms with Crippen molar-refractivity contribution in [1.82, 2.24) is 4.90 Å². The Morgan fingerprint density at radius 2 is 2.00 bits per heavy atom. The largest absolute Gasteiger partial charge is 0.379 e. The molecule has 0 bridgehead atoms. The molecule has 0 aromatic heterocycles. The summed E-state index contributed by atoms with van der Waals surface area (Å²) in [6.45, 7) is 2.80. The Kier molecular flexibility index (Phi) is 6.65. The summed E-state index contributed by atoms with van der Waals surface area (Å²) in [5, 5.41) is 14.1. The van der Waals surface area contributed by atoms with Gasteiger partial charge in [0.25, 0.3) is 11.6 Å². The Hall–Kier alpha value is -2.11. The number of benzene rings is 1. The van der Waals surface area contributed by atoms with E-state index < -0.39 is 4.92 Å². The van der Waals surface area contributed by atoms with Gasteiger partial charge in [-0.2, -0.15) is 0 Å². The summed E-state index contributed by atoms with van der Waals surface area (Å²) in [5.41, 5.74) is 0.853. The highest BCUT2D eigenvalue weighted by atomic mass is 16.6. The smallest absolute Gasteiger partial charge is 0.292 e. The van der Waals surface area contributed by atoms with Crippen molar-refractivity contribution in [3.05, 3.63) is 33.9 Å². The number of nitro benzene ring substituents is 1. The van der Waals surface area contributed by atoms with E-state index in [1.807, 2.05) is 0 Å². The zero-order chi connectivity index (χ0) is 15.8. The summed E-state index contributed by atoms with van der Waals surface area (Å²) in [6.07, 6.45) is 4.35. The van der Waals surface area contributed by atoms with Crippen molar-refractivity contribution in [2.75, 3.05) is 26.0 Å². The molecular formula is C15H23N3O3. The van der Waals surface area contributed by atoms with E-state index >= 15 is 0 Å². The summed E-state index contributed by atoms with van der Waals surface area (Å²) in [6, 6.07) is 4.42. The van der Waals surface area contributed by atoms with Crippen LogP contribution in [0.2, 0.25) is 0 Å². The maximum Gasteiger partial charge on any atom is 0.292 e. The lowest BCUT2D eigenvalue weighted by Crippen LogP contribution is -2.21. The zero-order valence-electron chi connectivity index (χ0n) is 12.9. The number of anilines is 1. The van der Waals surface area contributed by atoms with Crippen LogP contribution in [0.15, 0.2) is 18.2 Å². The summed E-state index contributed by atoms with van der Waals surface area (Å²) in [5.74, 6) is -0.168. The van der Waals surface area contributed by atoms with Crippen molar-refractivity contribution in [3.63, 3.8) is 0 Å². The third-order valence-corrected chi connectivity index (χ3v) is 3.19. The SMILES string of the molecule is CCCCCCNc1cc(C(=O)N(C)C)ccc1[N+](=O)[O-]. The number of nitro groups is 1. The van der Waals surface area contributed by atoms with Crippen LogP contribution >= 0.6 is 0 Å². The number of amides is 1. The quantitative estimate of drug-likeness (QED) is 0.453. The molecule has 116 valence electrons. The monoisotopic (exact) mass is 293 g/mol. The van der Waals surface area contributed by atoms with E-state index in [0.717, 1.165) is 25.7 Å². The average Bonchev–Trinajstić information content (AvgIpc) is 2.45. The van der Waals surface area contributed by atoms with Crippen LogP contribution in [-0.2, 0) is 0 Å². The first-order chi connectivity index (χ1) is 9.97. The van der Waals surface area contributed by atoms with Crippen molar-refractivity contribution < 1.29 is 9.72 Å². The van der Waals surface area contributed by atoms with Gasteiger partial charge in [-0.15, -0.1) is 0 Å². The molecule has 0 atom stereocenters. The van der Waals surface area contributed by atoms with E-state index in [1.165, 1.54) is 17.0 Å². The number of rotatable bonds is 8. The highest BCUT2D eigenvalue weighted by molar-refractivity contribution is 5.95. The fourth-order valence-electron chi connectivity index (χ4n) is 2.00. The van der Waals surface area contributed by atoms with Crippen LogP contribution in [0.25, 0.3) is 0 Å². The van der Waals surface area contributed by atoms with Gasteiger partial charge in [-0.25, -0.2) is 0 Å². The second-order valence-electron chi connectivity index (χ2n) is 5.18. The molecule has 0 aliphatic carbocycles. The fraction of sp³-hybridized carbons (Fsp3) is 0.533. The van der Waals surface area contributed by atoms with Gasteiger partial charge < -0.3 is 10.2 Å². The Labute approximate surface area is 125 Å². The van der Waals surface area contributed by atoms with Crippen molar-refractivity contribution in [3.8, 4) is 0 Å². The molecule has 0 aliphatic heterocycles. The second kappa shape index (κ2) is 8.24. The highest BCUT2D eigenvalue weighted by Crippen LogP contribution is 2.26. The molecule has 0 saturated carbocycles. The van der Waals surface area contributed by atoms with E-state index in [0.29, 0.717) is 17.8 Å². The first kappa shape index (κ1) is 16.9. The van der Waals surface area contributed by atoms with Crippen LogP contribution in [0, 0.1) is 10.1 Å². The van der Waals surface area contributed by atoms with Gasteiger partial charge >= 0.3 is 0 Å². The molecule has 1 rings (SSSR count). The first-order valence-corrected chi connectivity index (χ1v) is 7.21. The van der Waals surface area contributed by atoms with Crippen LogP contribution in [0.1, 0.15) is 43.0 Å². The Morgan fingerprint density at radius 1 is 1.29 bits per heavy atom. The minimum Gasteiger partial charge on any atom is -0.379 e. The summed E-state index contributed by atoms with van der Waals surface area (Å²) >= 11 is 0. The van der Waals surface area contributed by atoms with E-state index in [1.54, 1.807) is 20.2 Å². The Morgan fingerprint density at radius 3 is 2.57 bits per heavy atom. The lowest BCUT2D eigenvalue weighted by atomic mass is 10.1. The second-order valence-corrected chi connectivity index (χ2v) is 5.18. The molecule has 6 heteroatoms. The van der Waals surface area contributed by atoms with Gasteiger partial charge in [-0.3, -0.25) is 14.9 Å². The van der Waals surface area contributed by atoms with Crippen LogP contribution < -0.4 is 5.32 Å². The zero-order valence-corrected chi connectivity index (χ0v) is 12.9.